The molecule has 242 valence electrons. The van der Waals surface area contributed by atoms with Crippen LogP contribution in [0.2, 0.25) is 0 Å². The number of fused-ring (bicyclic) bond motifs is 6. The molecule has 0 bridgehead atoms. The zero-order chi connectivity index (χ0) is 31.5. The summed E-state index contributed by atoms with van der Waals surface area (Å²) in [5, 5.41) is 0. The normalized spacial score (nSPS) is 22.4. The second-order valence-electron chi connectivity index (χ2n) is 12.6. The van der Waals surface area contributed by atoms with Crippen molar-refractivity contribution in [2.45, 2.75) is 63.6 Å². The average Bonchev–Trinajstić information content (AvgIpc) is 3.37. The van der Waals surface area contributed by atoms with Crippen LogP contribution in [0.25, 0.3) is 0 Å². The molecular formula is C35H46N4O6. The number of para-hydroxylation sites is 1. The molecule has 0 N–H and O–H groups in total. The molecule has 10 nitrogen and oxygen atoms in total. The number of hydrogen-bond donors (Lipinski definition) is 0. The lowest BCUT2D eigenvalue weighted by molar-refractivity contribution is -0.133. The van der Waals surface area contributed by atoms with Crippen molar-refractivity contribution >= 4 is 23.4 Å². The molecule has 2 saturated heterocycles. The third-order valence-corrected chi connectivity index (χ3v) is 10.1. The SMILES string of the molecule is COCCCN(C[C@@H]1CCCN2CCCC[C@H]12)C(=O)CCCN1C(=O)c2ccccc2N2C(=O)c3c(ccc(OC)c3OC)[C@H]12. The first kappa shape index (κ1) is 31.4. The summed E-state index contributed by atoms with van der Waals surface area (Å²) in [5.74, 6) is 1.05. The molecule has 10 heteroatoms. The molecule has 0 aliphatic carbocycles. The molecular weight excluding hydrogens is 572 g/mol. The fraction of sp³-hybridized carbons (Fsp3) is 0.571. The third-order valence-electron chi connectivity index (χ3n) is 10.1. The van der Waals surface area contributed by atoms with Gasteiger partial charge >= 0.3 is 0 Å². The lowest BCUT2D eigenvalue weighted by Crippen LogP contribution is -2.52. The maximum absolute atomic E-state index is 14.0. The van der Waals surface area contributed by atoms with Gasteiger partial charge in [0.2, 0.25) is 5.91 Å². The third kappa shape index (κ3) is 5.90. The number of piperidine rings is 2. The monoisotopic (exact) mass is 618 g/mol. The molecule has 0 saturated carbocycles. The van der Waals surface area contributed by atoms with E-state index in [2.05, 4.69) is 4.90 Å². The van der Waals surface area contributed by atoms with Crippen LogP contribution >= 0.6 is 0 Å². The van der Waals surface area contributed by atoms with E-state index in [0.29, 0.717) is 78.4 Å². The molecule has 2 aromatic carbocycles. The Morgan fingerprint density at radius 2 is 1.76 bits per heavy atom. The number of carbonyl (C=O) groups is 3. The summed E-state index contributed by atoms with van der Waals surface area (Å²) in [5.41, 5.74) is 2.15. The quantitative estimate of drug-likeness (QED) is 0.318. The van der Waals surface area contributed by atoms with Gasteiger partial charge in [0.15, 0.2) is 11.5 Å². The molecule has 0 radical (unpaired) electrons. The van der Waals surface area contributed by atoms with Gasteiger partial charge in [-0.1, -0.05) is 24.6 Å². The van der Waals surface area contributed by atoms with Crippen LogP contribution in [0.4, 0.5) is 5.69 Å². The number of hydrogen-bond acceptors (Lipinski definition) is 7. The molecule has 0 spiro atoms. The highest BCUT2D eigenvalue weighted by Gasteiger charge is 2.49. The van der Waals surface area contributed by atoms with Crippen molar-refractivity contribution in [2.75, 3.05) is 65.6 Å². The van der Waals surface area contributed by atoms with Gasteiger partial charge in [-0.15, -0.1) is 0 Å². The molecule has 4 aliphatic rings. The molecule has 2 aromatic rings. The van der Waals surface area contributed by atoms with Crippen LogP contribution in [0.1, 0.15) is 83.8 Å². The minimum absolute atomic E-state index is 0.120. The number of anilines is 1. The van der Waals surface area contributed by atoms with Crippen molar-refractivity contribution in [1.29, 1.82) is 0 Å². The maximum atomic E-state index is 14.0. The summed E-state index contributed by atoms with van der Waals surface area (Å²) in [6.07, 6.45) is 7.11. The highest BCUT2D eigenvalue weighted by atomic mass is 16.5. The molecule has 0 unspecified atom stereocenters. The predicted octanol–water partition coefficient (Wildman–Crippen LogP) is 4.73. The van der Waals surface area contributed by atoms with Crippen LogP contribution in [-0.2, 0) is 9.53 Å². The van der Waals surface area contributed by atoms with Gasteiger partial charge < -0.3 is 28.9 Å². The molecule has 4 heterocycles. The number of amides is 3. The van der Waals surface area contributed by atoms with E-state index in [9.17, 15) is 14.4 Å². The number of ether oxygens (including phenoxy) is 3. The number of rotatable bonds is 12. The summed E-state index contributed by atoms with van der Waals surface area (Å²) in [4.78, 5) is 49.8. The highest BCUT2D eigenvalue weighted by molar-refractivity contribution is 6.18. The standard InChI is InChI=1S/C35H46N4O6/c1-43-22-10-20-37(23-24-11-8-19-36-18-7-6-13-27(24)36)30(40)15-9-21-38-33-26-16-17-29(44-2)32(45-3)31(26)35(42)39(33)28-14-5-4-12-25(28)34(38)41/h4-5,12,14,16-17,24,27,33H,6-11,13,15,18-23H2,1-3H3/t24-,27+,33+/m0/s1. The smallest absolute Gasteiger partial charge is 0.264 e. The average molecular weight is 619 g/mol. The van der Waals surface area contributed by atoms with Crippen molar-refractivity contribution in [1.82, 2.24) is 14.7 Å². The summed E-state index contributed by atoms with van der Waals surface area (Å²) < 4.78 is 16.4. The Kier molecular flexibility index (Phi) is 9.61. The van der Waals surface area contributed by atoms with Crippen molar-refractivity contribution in [3.8, 4) is 11.5 Å². The van der Waals surface area contributed by atoms with Gasteiger partial charge in [0.1, 0.15) is 6.17 Å². The molecule has 45 heavy (non-hydrogen) atoms. The molecule has 3 atom stereocenters. The fourth-order valence-electron chi connectivity index (χ4n) is 8.00. The minimum atomic E-state index is -0.623. The fourth-order valence-corrected chi connectivity index (χ4v) is 8.00. The topological polar surface area (TPSA) is 91.9 Å². The molecule has 0 aromatic heterocycles. The Morgan fingerprint density at radius 3 is 2.56 bits per heavy atom. The van der Waals surface area contributed by atoms with Crippen LogP contribution in [0.15, 0.2) is 36.4 Å². The van der Waals surface area contributed by atoms with Crippen molar-refractivity contribution < 1.29 is 28.6 Å². The van der Waals surface area contributed by atoms with Crippen molar-refractivity contribution in [3.63, 3.8) is 0 Å². The van der Waals surface area contributed by atoms with Crippen LogP contribution in [0, 0.1) is 5.92 Å². The van der Waals surface area contributed by atoms with E-state index in [0.717, 1.165) is 19.4 Å². The Balaban J connectivity index is 1.21. The van der Waals surface area contributed by atoms with E-state index in [1.165, 1.54) is 53.0 Å². The number of benzene rings is 2. The van der Waals surface area contributed by atoms with Gasteiger partial charge in [0, 0.05) is 51.4 Å². The van der Waals surface area contributed by atoms with E-state index < -0.39 is 6.17 Å². The summed E-state index contributed by atoms with van der Waals surface area (Å²) in [6, 6.07) is 11.4. The zero-order valence-corrected chi connectivity index (χ0v) is 26.8. The first-order valence-electron chi connectivity index (χ1n) is 16.5. The minimum Gasteiger partial charge on any atom is -0.493 e. The first-order valence-corrected chi connectivity index (χ1v) is 16.5. The lowest BCUT2D eigenvalue weighted by Gasteiger charge is -2.45. The Labute approximate surface area is 266 Å². The van der Waals surface area contributed by atoms with Crippen molar-refractivity contribution in [2.24, 2.45) is 5.92 Å². The Morgan fingerprint density at radius 1 is 0.933 bits per heavy atom. The number of carbonyl (C=O) groups excluding carboxylic acids is 3. The van der Waals surface area contributed by atoms with E-state index >= 15 is 0 Å². The second-order valence-corrected chi connectivity index (χ2v) is 12.6. The van der Waals surface area contributed by atoms with E-state index in [-0.39, 0.29) is 17.7 Å². The molecule has 6 rings (SSSR count). The van der Waals surface area contributed by atoms with Gasteiger partial charge in [0.25, 0.3) is 11.8 Å². The Bertz CT molecular complexity index is 1410. The molecule has 4 aliphatic heterocycles. The zero-order valence-electron chi connectivity index (χ0n) is 26.8. The van der Waals surface area contributed by atoms with E-state index in [1.807, 2.05) is 29.2 Å². The summed E-state index contributed by atoms with van der Waals surface area (Å²) in [7, 11) is 4.75. The van der Waals surface area contributed by atoms with Gasteiger partial charge in [-0.05, 0) is 75.7 Å². The van der Waals surface area contributed by atoms with Gasteiger partial charge in [-0.3, -0.25) is 19.3 Å². The molecule has 2 fully saturated rings. The lowest BCUT2D eigenvalue weighted by atomic mass is 9.83. The first-order chi connectivity index (χ1) is 22.0. The van der Waals surface area contributed by atoms with E-state index in [1.54, 1.807) is 29.0 Å². The number of methoxy groups -OCH3 is 3. The van der Waals surface area contributed by atoms with Crippen LogP contribution in [0.3, 0.4) is 0 Å². The second kappa shape index (κ2) is 13.8. The number of nitrogens with zero attached hydrogens (tertiary/aromatic N) is 4. The highest BCUT2D eigenvalue weighted by Crippen LogP contribution is 2.49. The Hall–Kier alpha value is -3.63. The molecule has 3 amide bonds. The van der Waals surface area contributed by atoms with Gasteiger partial charge in [0.05, 0.1) is 31.0 Å². The van der Waals surface area contributed by atoms with Gasteiger partial charge in [-0.25, -0.2) is 0 Å². The van der Waals surface area contributed by atoms with Crippen LogP contribution < -0.4 is 14.4 Å². The van der Waals surface area contributed by atoms with E-state index in [4.69, 9.17) is 14.2 Å². The van der Waals surface area contributed by atoms with Crippen LogP contribution in [0.5, 0.6) is 11.5 Å². The summed E-state index contributed by atoms with van der Waals surface area (Å²) >= 11 is 0. The van der Waals surface area contributed by atoms with Crippen LogP contribution in [-0.4, -0.2) is 99.1 Å². The predicted molar refractivity (Wildman–Crippen MR) is 171 cm³/mol. The summed E-state index contributed by atoms with van der Waals surface area (Å²) in [6.45, 7) is 4.76. The maximum Gasteiger partial charge on any atom is 0.264 e. The van der Waals surface area contributed by atoms with Crippen molar-refractivity contribution in [3.05, 3.63) is 53.1 Å². The van der Waals surface area contributed by atoms with Gasteiger partial charge in [-0.2, -0.15) is 0 Å². The largest absolute Gasteiger partial charge is 0.493 e.